The Balaban J connectivity index is 1.45. The minimum Gasteiger partial charge on any atom is -0.497 e. The van der Waals surface area contributed by atoms with Crippen LogP contribution >= 0.6 is 0 Å². The van der Waals surface area contributed by atoms with Gasteiger partial charge in [0.25, 0.3) is 5.91 Å². The van der Waals surface area contributed by atoms with Crippen molar-refractivity contribution in [1.82, 2.24) is 24.8 Å². The number of sulfonamides is 1. The summed E-state index contributed by atoms with van der Waals surface area (Å²) in [6.45, 7) is 6.10. The molecule has 2 aliphatic heterocycles. The topological polar surface area (TPSA) is 194 Å². The summed E-state index contributed by atoms with van der Waals surface area (Å²) >= 11 is 0. The molecule has 4 aliphatic rings. The van der Waals surface area contributed by atoms with E-state index in [4.69, 9.17) is 14.2 Å². The van der Waals surface area contributed by atoms with Gasteiger partial charge in [-0.25, -0.2) is 18.2 Å². The number of carboxylic acid groups (broad SMARTS) is 1. The Labute approximate surface area is 347 Å². The summed E-state index contributed by atoms with van der Waals surface area (Å²) in [5.74, 6) is -3.69. The van der Waals surface area contributed by atoms with Gasteiger partial charge in [-0.1, -0.05) is 32.4 Å². The summed E-state index contributed by atoms with van der Waals surface area (Å²) in [5.41, 5.74) is -4.35. The number of alkyl halides is 3. The molecule has 3 N–H and O–H groups in total. The molecule has 19 heteroatoms. The summed E-state index contributed by atoms with van der Waals surface area (Å²) in [6.07, 6.45) is -2.72. The van der Waals surface area contributed by atoms with Gasteiger partial charge in [0.1, 0.15) is 40.8 Å². The van der Waals surface area contributed by atoms with Crippen LogP contribution in [0.25, 0.3) is 10.9 Å². The Bertz CT molecular complexity index is 2160. The van der Waals surface area contributed by atoms with Gasteiger partial charge < -0.3 is 29.5 Å². The lowest BCUT2D eigenvalue weighted by atomic mass is 9.82. The highest BCUT2D eigenvalue weighted by Gasteiger charge is 2.64. The second kappa shape index (κ2) is 16.2. The Morgan fingerprint density at radius 3 is 2.42 bits per heavy atom. The number of nitrogens with zero attached hydrogens (tertiary/aromatic N) is 3. The molecule has 60 heavy (non-hydrogen) atoms. The number of carbonyl (C=O) groups is 4. The second-order valence-electron chi connectivity index (χ2n) is 17.4. The molecule has 2 aromatic rings. The molecular formula is C41H54F3N5O10S. The average molecular weight is 866 g/mol. The van der Waals surface area contributed by atoms with Gasteiger partial charge in [-0.2, -0.15) is 13.2 Å². The van der Waals surface area contributed by atoms with Crippen molar-refractivity contribution in [2.75, 3.05) is 20.8 Å². The van der Waals surface area contributed by atoms with E-state index in [1.54, 1.807) is 31.2 Å². The molecule has 6 rings (SSSR count). The lowest BCUT2D eigenvalue weighted by molar-refractivity contribution is -0.222. The van der Waals surface area contributed by atoms with Crippen LogP contribution in [0.5, 0.6) is 17.4 Å². The molecule has 15 nitrogen and oxygen atoms in total. The Morgan fingerprint density at radius 1 is 1.12 bits per heavy atom. The van der Waals surface area contributed by atoms with E-state index in [1.165, 1.54) is 27.2 Å². The fraction of sp³-hybridized carbons (Fsp3) is 0.634. The summed E-state index contributed by atoms with van der Waals surface area (Å²) in [6, 6.07) is 3.13. The van der Waals surface area contributed by atoms with E-state index in [0.717, 1.165) is 4.90 Å². The van der Waals surface area contributed by atoms with E-state index >= 15 is 4.79 Å². The van der Waals surface area contributed by atoms with Crippen molar-refractivity contribution in [2.24, 2.45) is 17.8 Å². The quantitative estimate of drug-likeness (QED) is 0.253. The van der Waals surface area contributed by atoms with E-state index in [2.05, 4.69) is 15.0 Å². The first kappa shape index (κ1) is 44.7. The van der Waals surface area contributed by atoms with Gasteiger partial charge in [-0.3, -0.25) is 24.0 Å². The van der Waals surface area contributed by atoms with Crippen LogP contribution < -0.4 is 24.2 Å². The van der Waals surface area contributed by atoms with Crippen molar-refractivity contribution >= 4 is 44.7 Å². The predicted molar refractivity (Wildman–Crippen MR) is 213 cm³/mol. The summed E-state index contributed by atoms with van der Waals surface area (Å²) in [5, 5.41) is 13.8. The molecule has 4 amide bonds. The summed E-state index contributed by atoms with van der Waals surface area (Å²) < 4.78 is 89.3. The van der Waals surface area contributed by atoms with Crippen molar-refractivity contribution in [2.45, 2.75) is 126 Å². The van der Waals surface area contributed by atoms with Crippen LogP contribution in [0.2, 0.25) is 0 Å². The van der Waals surface area contributed by atoms with Gasteiger partial charge in [0, 0.05) is 29.9 Å². The molecule has 7 atom stereocenters. The number of hydrogen-bond acceptors (Lipinski definition) is 10. The third-order valence-corrected chi connectivity index (χ3v) is 15.0. The maximum atomic E-state index is 15.2. The Morgan fingerprint density at radius 2 is 1.82 bits per heavy atom. The highest BCUT2D eigenvalue weighted by atomic mass is 32.2. The van der Waals surface area contributed by atoms with Gasteiger partial charge in [-0.15, -0.1) is 0 Å². The van der Waals surface area contributed by atoms with Crippen molar-refractivity contribution in [3.05, 3.63) is 36.4 Å². The van der Waals surface area contributed by atoms with Crippen molar-refractivity contribution in [3.8, 4) is 17.4 Å². The zero-order chi connectivity index (χ0) is 44.2. The van der Waals surface area contributed by atoms with Gasteiger partial charge in [0.05, 0.1) is 31.0 Å². The number of halogens is 3. The van der Waals surface area contributed by atoms with Crippen LogP contribution in [0.4, 0.5) is 18.0 Å². The first-order chi connectivity index (χ1) is 28.0. The smallest absolute Gasteiger partial charge is 0.411 e. The molecule has 3 heterocycles. The number of carbonyl (C=O) groups excluding carboxylic acids is 3. The molecule has 1 aromatic heterocycles. The molecule has 330 valence electrons. The number of pyridine rings is 1. The van der Waals surface area contributed by atoms with Crippen molar-refractivity contribution < 1.29 is 60.1 Å². The van der Waals surface area contributed by atoms with Crippen LogP contribution in [0.15, 0.2) is 36.4 Å². The number of allylic oxidation sites excluding steroid dienone is 1. The highest BCUT2D eigenvalue weighted by Crippen LogP contribution is 2.48. The van der Waals surface area contributed by atoms with E-state index < -0.39 is 85.9 Å². The number of fused-ring (bicyclic) bond motifs is 3. The van der Waals surface area contributed by atoms with Crippen LogP contribution in [-0.4, -0.2) is 113 Å². The molecule has 0 unspecified atom stereocenters. The van der Waals surface area contributed by atoms with E-state index in [-0.39, 0.29) is 54.7 Å². The molecule has 0 radical (unpaired) electrons. The fourth-order valence-corrected chi connectivity index (χ4v) is 9.74. The first-order valence-electron chi connectivity index (χ1n) is 20.2. The minimum atomic E-state index is -5.10. The van der Waals surface area contributed by atoms with E-state index in [1.807, 2.05) is 13.0 Å². The molecule has 1 saturated heterocycles. The normalized spacial score (nSPS) is 28.9. The van der Waals surface area contributed by atoms with Gasteiger partial charge in [0.15, 0.2) is 0 Å². The number of rotatable bonds is 10. The highest BCUT2D eigenvalue weighted by molar-refractivity contribution is 7.91. The number of methoxy groups -OCH3 is 2. The number of aromatic nitrogens is 1. The molecule has 2 aliphatic carbocycles. The van der Waals surface area contributed by atoms with Crippen LogP contribution in [0.1, 0.15) is 86.0 Å². The summed E-state index contributed by atoms with van der Waals surface area (Å²) in [7, 11) is -1.25. The van der Waals surface area contributed by atoms with Gasteiger partial charge in [0.2, 0.25) is 27.7 Å². The largest absolute Gasteiger partial charge is 0.497 e. The minimum absolute atomic E-state index is 0.0445. The lowest BCUT2D eigenvalue weighted by Gasteiger charge is -2.46. The maximum absolute atomic E-state index is 15.2. The molecule has 0 bridgehead atoms. The molecule has 0 spiro atoms. The standard InChI is InChI=1S/C41H54F3N5O10S/c1-8-24-17-23(2)11-9-10-12-25-21-40(25,36(52)47-60(55,56)39(5)15-16-39)46-34(50)30-19-27(59-31-20-32(58-7)45-29-18-26(57-6)13-14-28(29)31)22-48(30)35(51)33(24)49(37(53)54)38(3,4)41(42,43)44/h10,12-14,18,20,23-25,27,30,33H,8-9,11,15-17,19,21-22H2,1-7H3,(H,46,50)(H,47,52)(H,53,54)/b12-10-/t23-,24-,25-,27-,30+,33+,40-/m1/s1. The molecule has 2 saturated carbocycles. The van der Waals surface area contributed by atoms with E-state index in [0.29, 0.717) is 56.2 Å². The molecule has 3 fully saturated rings. The zero-order valence-electron chi connectivity index (χ0n) is 34.8. The Kier molecular flexibility index (Phi) is 12.1. The van der Waals surface area contributed by atoms with Gasteiger partial charge in [-0.05, 0) is 83.3 Å². The van der Waals surface area contributed by atoms with Crippen molar-refractivity contribution in [1.29, 1.82) is 0 Å². The number of amides is 4. The zero-order valence-corrected chi connectivity index (χ0v) is 35.6. The van der Waals surface area contributed by atoms with Gasteiger partial charge >= 0.3 is 12.3 Å². The number of nitrogens with one attached hydrogen (secondary N) is 2. The maximum Gasteiger partial charge on any atom is 0.411 e. The number of benzene rings is 1. The predicted octanol–water partition coefficient (Wildman–Crippen LogP) is 5.57. The Hall–Kier alpha value is -4.81. The number of hydrogen-bond donors (Lipinski definition) is 3. The van der Waals surface area contributed by atoms with E-state index in [9.17, 15) is 41.1 Å². The molecule has 1 aromatic carbocycles. The molecular weight excluding hydrogens is 812 g/mol. The monoisotopic (exact) mass is 865 g/mol. The first-order valence-corrected chi connectivity index (χ1v) is 21.6. The summed E-state index contributed by atoms with van der Waals surface area (Å²) in [4.78, 5) is 62.6. The van der Waals surface area contributed by atoms with Crippen molar-refractivity contribution in [3.63, 3.8) is 0 Å². The van der Waals surface area contributed by atoms with Crippen LogP contribution in [0, 0.1) is 17.8 Å². The number of ether oxygens (including phenoxy) is 3. The third-order valence-electron chi connectivity index (χ3n) is 12.8. The lowest BCUT2D eigenvalue weighted by Crippen LogP contribution is -2.66. The SMILES string of the molecule is CC[C@@H]1C[C@H](C)CC/C=C\[C@@H]2C[C@@]2(C(=O)NS(=O)(=O)C2(C)CC2)NC(=O)[C@@H]2C[C@@H](Oc3cc(OC)nc4cc(OC)ccc34)CN2C(=O)[C@H]1N(C(=O)O)C(C)(C)C(F)(F)F. The average Bonchev–Trinajstić information content (AvgIpc) is 4.06. The second-order valence-corrected chi connectivity index (χ2v) is 19.5. The van der Waals surface area contributed by atoms with Crippen LogP contribution in [0.3, 0.4) is 0 Å². The van der Waals surface area contributed by atoms with Crippen LogP contribution in [-0.2, 0) is 24.4 Å². The third kappa shape index (κ3) is 8.42. The fourth-order valence-electron chi connectivity index (χ4n) is 8.43.